The van der Waals surface area contributed by atoms with Crippen molar-refractivity contribution >= 4 is 17.6 Å². The fourth-order valence-electron chi connectivity index (χ4n) is 5.08. The minimum Gasteiger partial charge on any atom is -0.384 e. The molecule has 0 radical (unpaired) electrons. The standard InChI is InChI=1S/C24H31N5O2/c1-15-17(8-9-21(25)28-15)13-27-23(31)16(2)29-14-19(12-20(29)22(26)30)24(10-11-24)18-6-4-3-5-7-18/h3-9,16,19-20H,10-14H2,1-2H3,(H2,25,28)(H2,26,30)(H,27,31)/t16-,19?,20?/m0/s1. The summed E-state index contributed by atoms with van der Waals surface area (Å²) in [6.07, 6.45) is 2.93. The maximum absolute atomic E-state index is 12.9. The third-order valence-electron chi connectivity index (χ3n) is 7.13. The predicted molar refractivity (Wildman–Crippen MR) is 120 cm³/mol. The van der Waals surface area contributed by atoms with Gasteiger partial charge in [-0.15, -0.1) is 0 Å². The highest BCUT2D eigenvalue weighted by Crippen LogP contribution is 2.57. The second-order valence-electron chi connectivity index (χ2n) is 8.94. The summed E-state index contributed by atoms with van der Waals surface area (Å²) in [5, 5.41) is 2.98. The lowest BCUT2D eigenvalue weighted by atomic mass is 9.81. The molecule has 0 spiro atoms. The molecule has 5 N–H and O–H groups in total. The van der Waals surface area contributed by atoms with E-state index in [1.165, 1.54) is 5.56 Å². The van der Waals surface area contributed by atoms with Crippen molar-refractivity contribution in [1.82, 2.24) is 15.2 Å². The van der Waals surface area contributed by atoms with E-state index in [1.807, 2.05) is 30.9 Å². The van der Waals surface area contributed by atoms with Crippen LogP contribution in [0, 0.1) is 12.8 Å². The number of nitrogens with zero attached hydrogens (tertiary/aromatic N) is 2. The summed E-state index contributed by atoms with van der Waals surface area (Å²) in [6.45, 7) is 4.78. The van der Waals surface area contributed by atoms with Crippen molar-refractivity contribution in [3.8, 4) is 0 Å². The summed E-state index contributed by atoms with van der Waals surface area (Å²) in [7, 11) is 0. The molecule has 4 rings (SSSR count). The minimum absolute atomic E-state index is 0.104. The van der Waals surface area contributed by atoms with Gasteiger partial charge in [-0.25, -0.2) is 4.98 Å². The summed E-state index contributed by atoms with van der Waals surface area (Å²) >= 11 is 0. The molecule has 1 aromatic carbocycles. The van der Waals surface area contributed by atoms with E-state index >= 15 is 0 Å². The van der Waals surface area contributed by atoms with E-state index in [9.17, 15) is 9.59 Å². The van der Waals surface area contributed by atoms with Gasteiger partial charge in [-0.2, -0.15) is 0 Å². The van der Waals surface area contributed by atoms with Crippen LogP contribution in [0.3, 0.4) is 0 Å². The molecule has 7 nitrogen and oxygen atoms in total. The Balaban J connectivity index is 1.45. The number of pyridine rings is 1. The summed E-state index contributed by atoms with van der Waals surface area (Å²) in [5.41, 5.74) is 14.6. The molecule has 31 heavy (non-hydrogen) atoms. The Morgan fingerprint density at radius 2 is 1.94 bits per heavy atom. The van der Waals surface area contributed by atoms with Gasteiger partial charge in [0.05, 0.1) is 12.1 Å². The highest BCUT2D eigenvalue weighted by atomic mass is 16.2. The maximum atomic E-state index is 12.9. The quantitative estimate of drug-likeness (QED) is 0.632. The number of aromatic nitrogens is 1. The number of aryl methyl sites for hydroxylation is 1. The Morgan fingerprint density at radius 3 is 2.55 bits per heavy atom. The number of primary amides is 1. The number of anilines is 1. The molecule has 1 aliphatic heterocycles. The van der Waals surface area contributed by atoms with Gasteiger partial charge in [-0.05, 0) is 61.6 Å². The molecule has 0 bridgehead atoms. The van der Waals surface area contributed by atoms with E-state index in [-0.39, 0.29) is 17.2 Å². The molecule has 164 valence electrons. The van der Waals surface area contributed by atoms with Gasteiger partial charge < -0.3 is 16.8 Å². The van der Waals surface area contributed by atoms with Crippen LogP contribution in [0.2, 0.25) is 0 Å². The van der Waals surface area contributed by atoms with Gasteiger partial charge in [0, 0.05) is 18.8 Å². The van der Waals surface area contributed by atoms with Crippen molar-refractivity contribution in [3.05, 3.63) is 59.3 Å². The van der Waals surface area contributed by atoms with Crippen molar-refractivity contribution in [2.45, 2.75) is 57.2 Å². The predicted octanol–water partition coefficient (Wildman–Crippen LogP) is 1.88. The molecule has 2 amide bonds. The number of likely N-dealkylation sites (tertiary alicyclic amines) is 1. The van der Waals surface area contributed by atoms with Gasteiger partial charge in [0.25, 0.3) is 0 Å². The zero-order valence-electron chi connectivity index (χ0n) is 18.2. The Bertz CT molecular complexity index is 973. The Labute approximate surface area is 183 Å². The topological polar surface area (TPSA) is 114 Å². The van der Waals surface area contributed by atoms with E-state index in [0.717, 1.165) is 24.1 Å². The first-order valence-electron chi connectivity index (χ1n) is 10.9. The van der Waals surface area contributed by atoms with Crippen LogP contribution >= 0.6 is 0 Å². The molecular formula is C24H31N5O2. The molecule has 2 unspecified atom stereocenters. The van der Waals surface area contributed by atoms with Crippen LogP contribution in [0.4, 0.5) is 5.82 Å². The highest BCUT2D eigenvalue weighted by molar-refractivity contribution is 5.84. The van der Waals surface area contributed by atoms with Gasteiger partial charge in [0.15, 0.2) is 0 Å². The van der Waals surface area contributed by atoms with Crippen LogP contribution in [0.25, 0.3) is 0 Å². The van der Waals surface area contributed by atoms with E-state index in [1.54, 1.807) is 6.07 Å². The summed E-state index contributed by atoms with van der Waals surface area (Å²) in [5.74, 6) is 0.296. The molecule has 1 saturated heterocycles. The molecular weight excluding hydrogens is 390 g/mol. The zero-order chi connectivity index (χ0) is 22.2. The van der Waals surface area contributed by atoms with E-state index in [0.29, 0.717) is 31.2 Å². The van der Waals surface area contributed by atoms with Crippen LogP contribution in [-0.4, -0.2) is 40.3 Å². The lowest BCUT2D eigenvalue weighted by molar-refractivity contribution is -0.129. The number of nitrogen functional groups attached to an aromatic ring is 1. The van der Waals surface area contributed by atoms with Gasteiger partial charge in [0.1, 0.15) is 5.82 Å². The number of amides is 2. The number of nitrogens with two attached hydrogens (primary N) is 2. The number of nitrogens with one attached hydrogen (secondary N) is 1. The molecule has 1 saturated carbocycles. The number of carbonyl (C=O) groups is 2. The zero-order valence-corrected chi connectivity index (χ0v) is 18.2. The number of carbonyl (C=O) groups excluding carboxylic acids is 2. The molecule has 2 aliphatic rings. The second kappa shape index (κ2) is 8.30. The van der Waals surface area contributed by atoms with Crippen molar-refractivity contribution in [1.29, 1.82) is 0 Å². The molecule has 2 aromatic rings. The average molecular weight is 422 g/mol. The lowest BCUT2D eigenvalue weighted by Gasteiger charge is -2.29. The second-order valence-corrected chi connectivity index (χ2v) is 8.94. The van der Waals surface area contributed by atoms with Gasteiger partial charge >= 0.3 is 0 Å². The van der Waals surface area contributed by atoms with Crippen molar-refractivity contribution < 1.29 is 9.59 Å². The summed E-state index contributed by atoms with van der Waals surface area (Å²) < 4.78 is 0. The van der Waals surface area contributed by atoms with Crippen molar-refractivity contribution in [2.24, 2.45) is 11.7 Å². The molecule has 3 atom stereocenters. The Hall–Kier alpha value is -2.93. The first-order valence-corrected chi connectivity index (χ1v) is 10.9. The first kappa shape index (κ1) is 21.3. The minimum atomic E-state index is -0.448. The number of hydrogen-bond donors (Lipinski definition) is 3. The Kier molecular flexibility index (Phi) is 5.71. The monoisotopic (exact) mass is 421 g/mol. The number of hydrogen-bond acceptors (Lipinski definition) is 5. The van der Waals surface area contributed by atoms with Gasteiger partial charge in [0.2, 0.25) is 11.8 Å². The van der Waals surface area contributed by atoms with Gasteiger partial charge in [-0.1, -0.05) is 36.4 Å². The molecule has 2 heterocycles. The van der Waals surface area contributed by atoms with Crippen LogP contribution in [-0.2, 0) is 21.5 Å². The molecule has 1 aromatic heterocycles. The van der Waals surface area contributed by atoms with Crippen LogP contribution in [0.1, 0.15) is 43.0 Å². The van der Waals surface area contributed by atoms with Crippen molar-refractivity contribution in [3.63, 3.8) is 0 Å². The van der Waals surface area contributed by atoms with Crippen LogP contribution in [0.5, 0.6) is 0 Å². The summed E-state index contributed by atoms with van der Waals surface area (Å²) in [4.78, 5) is 31.4. The van der Waals surface area contributed by atoms with Gasteiger partial charge in [-0.3, -0.25) is 14.5 Å². The Morgan fingerprint density at radius 1 is 1.23 bits per heavy atom. The third-order valence-corrected chi connectivity index (χ3v) is 7.13. The number of rotatable bonds is 7. The average Bonchev–Trinajstić information content (AvgIpc) is 3.44. The fraction of sp³-hybridized carbons (Fsp3) is 0.458. The van der Waals surface area contributed by atoms with E-state index < -0.39 is 12.1 Å². The summed E-state index contributed by atoms with van der Waals surface area (Å²) in [6, 6.07) is 13.2. The van der Waals surface area contributed by atoms with Crippen LogP contribution in [0.15, 0.2) is 42.5 Å². The number of benzene rings is 1. The smallest absolute Gasteiger partial charge is 0.237 e. The first-order chi connectivity index (χ1) is 14.8. The maximum Gasteiger partial charge on any atom is 0.237 e. The van der Waals surface area contributed by atoms with E-state index in [4.69, 9.17) is 11.5 Å². The SMILES string of the molecule is Cc1nc(N)ccc1CNC(=O)[C@H](C)N1CC(C2(c3ccccc3)CC2)CC1C(N)=O. The fourth-order valence-corrected chi connectivity index (χ4v) is 5.08. The largest absolute Gasteiger partial charge is 0.384 e. The third kappa shape index (κ3) is 4.14. The highest BCUT2D eigenvalue weighted by Gasteiger charge is 2.55. The molecule has 7 heteroatoms. The lowest BCUT2D eigenvalue weighted by Crippen LogP contribution is -2.51. The van der Waals surface area contributed by atoms with E-state index in [2.05, 4.69) is 34.6 Å². The molecule has 2 fully saturated rings. The van der Waals surface area contributed by atoms with Crippen molar-refractivity contribution in [2.75, 3.05) is 12.3 Å². The molecule has 1 aliphatic carbocycles. The van der Waals surface area contributed by atoms with Crippen LogP contribution < -0.4 is 16.8 Å². The normalized spacial score (nSPS) is 23.3.